The minimum Gasteiger partial charge on any atom is -0.465 e. The number of carbonyl (C=O) groups is 2. The maximum atomic E-state index is 13.3. The van der Waals surface area contributed by atoms with Crippen LogP contribution < -0.4 is 10.2 Å². The highest BCUT2D eigenvalue weighted by molar-refractivity contribution is 6.31. The van der Waals surface area contributed by atoms with Gasteiger partial charge in [0.2, 0.25) is 0 Å². The van der Waals surface area contributed by atoms with Crippen molar-refractivity contribution < 1.29 is 24.2 Å². The smallest absolute Gasteiger partial charge is 0.413 e. The van der Waals surface area contributed by atoms with Crippen LogP contribution in [0.5, 0.6) is 0 Å². The number of carboxylic acid groups (broad SMARTS) is 1. The maximum absolute atomic E-state index is 13.3. The number of amides is 3. The van der Waals surface area contributed by atoms with Gasteiger partial charge in [-0.1, -0.05) is 41.9 Å². The number of unbranched alkanes of at least 4 members (excludes halogenated alkanes) is 1. The van der Waals surface area contributed by atoms with E-state index >= 15 is 0 Å². The van der Waals surface area contributed by atoms with E-state index in [0.29, 0.717) is 24.8 Å². The number of aliphatic hydroxyl groups excluding tert-OH is 1. The summed E-state index contributed by atoms with van der Waals surface area (Å²) in [7, 11) is 1.58. The Balaban J connectivity index is 1.76. The van der Waals surface area contributed by atoms with E-state index in [1.165, 1.54) is 23.1 Å². The lowest BCUT2D eigenvalue weighted by Gasteiger charge is -2.32. The molecule has 186 valence electrons. The van der Waals surface area contributed by atoms with Crippen molar-refractivity contribution in [2.45, 2.75) is 31.8 Å². The molecule has 3 amide bonds. The SMILES string of the molecule is CN(C(=O)NCc1ccc(F)cc1Cl)C(CCCCO)CN(C(=O)O)c1cc2ccccc2cn1. The van der Waals surface area contributed by atoms with E-state index in [1.54, 1.807) is 19.3 Å². The molecule has 0 aliphatic carbocycles. The van der Waals surface area contributed by atoms with Gasteiger partial charge in [-0.2, -0.15) is 0 Å². The molecular formula is C25H28ClFN4O4. The van der Waals surface area contributed by atoms with E-state index in [1.807, 2.05) is 24.3 Å². The van der Waals surface area contributed by atoms with Crippen molar-refractivity contribution in [2.24, 2.45) is 0 Å². The first-order valence-corrected chi connectivity index (χ1v) is 11.6. The molecule has 0 radical (unpaired) electrons. The molecule has 0 aliphatic rings. The van der Waals surface area contributed by atoms with Gasteiger partial charge in [-0.3, -0.25) is 4.90 Å². The number of likely N-dealkylation sites (N-methyl/N-ethyl adjacent to an activating group) is 1. The van der Waals surface area contributed by atoms with Crippen LogP contribution in [0.3, 0.4) is 0 Å². The Labute approximate surface area is 207 Å². The van der Waals surface area contributed by atoms with E-state index < -0.39 is 24.0 Å². The Morgan fingerprint density at radius 2 is 1.89 bits per heavy atom. The number of carbonyl (C=O) groups excluding carboxylic acids is 1. The van der Waals surface area contributed by atoms with Gasteiger partial charge in [0.05, 0.1) is 12.6 Å². The lowest BCUT2D eigenvalue weighted by atomic mass is 10.1. The molecule has 0 bridgehead atoms. The van der Waals surface area contributed by atoms with E-state index in [0.717, 1.165) is 15.7 Å². The van der Waals surface area contributed by atoms with Gasteiger partial charge in [0.1, 0.15) is 11.6 Å². The molecule has 3 rings (SSSR count). The van der Waals surface area contributed by atoms with Gasteiger partial charge in [0.25, 0.3) is 0 Å². The van der Waals surface area contributed by atoms with Crippen LogP contribution in [0.1, 0.15) is 24.8 Å². The van der Waals surface area contributed by atoms with Crippen molar-refractivity contribution in [3.8, 4) is 0 Å². The number of aliphatic hydroxyl groups is 1. The number of nitrogens with one attached hydrogen (secondary N) is 1. The number of hydrogen-bond donors (Lipinski definition) is 3. The van der Waals surface area contributed by atoms with E-state index in [9.17, 15) is 24.2 Å². The number of benzene rings is 2. The van der Waals surface area contributed by atoms with Crippen molar-refractivity contribution in [2.75, 3.05) is 25.1 Å². The van der Waals surface area contributed by atoms with Crippen LogP contribution in [0.4, 0.5) is 19.8 Å². The van der Waals surface area contributed by atoms with Crippen molar-refractivity contribution in [3.05, 3.63) is 71.1 Å². The second-order valence-electron chi connectivity index (χ2n) is 8.16. The lowest BCUT2D eigenvalue weighted by Crippen LogP contribution is -2.49. The predicted octanol–water partition coefficient (Wildman–Crippen LogP) is 4.88. The summed E-state index contributed by atoms with van der Waals surface area (Å²) in [5, 5.41) is 23.8. The Bertz CT molecular complexity index is 1180. The van der Waals surface area contributed by atoms with Crippen molar-refractivity contribution in [1.82, 2.24) is 15.2 Å². The average molecular weight is 503 g/mol. The molecule has 1 aromatic heterocycles. The molecule has 10 heteroatoms. The molecule has 0 spiro atoms. The van der Waals surface area contributed by atoms with Crippen molar-refractivity contribution in [3.63, 3.8) is 0 Å². The Morgan fingerprint density at radius 1 is 1.14 bits per heavy atom. The summed E-state index contributed by atoms with van der Waals surface area (Å²) in [6.45, 7) is 0.0778. The fourth-order valence-electron chi connectivity index (χ4n) is 3.73. The molecule has 0 aliphatic heterocycles. The topological polar surface area (TPSA) is 106 Å². The molecule has 0 saturated heterocycles. The first kappa shape index (κ1) is 26.2. The van der Waals surface area contributed by atoms with Crippen LogP contribution in [0.15, 0.2) is 54.7 Å². The van der Waals surface area contributed by atoms with Crippen LogP contribution in [-0.2, 0) is 6.54 Å². The summed E-state index contributed by atoms with van der Waals surface area (Å²) in [6.07, 6.45) is 2.02. The number of aromatic nitrogens is 1. The van der Waals surface area contributed by atoms with Crippen LogP contribution >= 0.6 is 11.6 Å². The average Bonchev–Trinajstić information content (AvgIpc) is 2.84. The molecule has 0 fully saturated rings. The molecule has 1 heterocycles. The highest BCUT2D eigenvalue weighted by Gasteiger charge is 2.26. The zero-order chi connectivity index (χ0) is 25.4. The summed E-state index contributed by atoms with van der Waals surface area (Å²) in [4.78, 5) is 31.9. The fourth-order valence-corrected chi connectivity index (χ4v) is 3.96. The number of rotatable bonds is 10. The van der Waals surface area contributed by atoms with Crippen LogP contribution in [-0.4, -0.2) is 58.5 Å². The zero-order valence-electron chi connectivity index (χ0n) is 19.3. The molecule has 2 aromatic carbocycles. The lowest BCUT2D eigenvalue weighted by molar-refractivity contribution is 0.178. The van der Waals surface area contributed by atoms with Gasteiger partial charge in [0, 0.05) is 36.8 Å². The Kier molecular flexibility index (Phi) is 9.22. The zero-order valence-corrected chi connectivity index (χ0v) is 20.1. The summed E-state index contributed by atoms with van der Waals surface area (Å²) >= 11 is 6.05. The largest absolute Gasteiger partial charge is 0.465 e. The molecule has 3 aromatic rings. The Hall–Kier alpha value is -3.43. The first-order chi connectivity index (χ1) is 16.8. The quantitative estimate of drug-likeness (QED) is 0.342. The second kappa shape index (κ2) is 12.3. The third kappa shape index (κ3) is 7.03. The van der Waals surface area contributed by atoms with Gasteiger partial charge in [-0.25, -0.2) is 19.0 Å². The van der Waals surface area contributed by atoms with Gasteiger partial charge < -0.3 is 20.4 Å². The second-order valence-corrected chi connectivity index (χ2v) is 8.57. The van der Waals surface area contributed by atoms with Crippen LogP contribution in [0, 0.1) is 5.82 Å². The molecule has 8 nitrogen and oxygen atoms in total. The number of halogens is 2. The third-order valence-electron chi connectivity index (χ3n) is 5.78. The number of pyridine rings is 1. The predicted molar refractivity (Wildman–Crippen MR) is 133 cm³/mol. The van der Waals surface area contributed by atoms with E-state index in [4.69, 9.17) is 11.6 Å². The van der Waals surface area contributed by atoms with Crippen LogP contribution in [0.25, 0.3) is 10.8 Å². The van der Waals surface area contributed by atoms with Gasteiger partial charge >= 0.3 is 12.1 Å². The minimum atomic E-state index is -1.19. The summed E-state index contributed by atoms with van der Waals surface area (Å²) in [5.41, 5.74) is 0.555. The first-order valence-electron chi connectivity index (χ1n) is 11.2. The van der Waals surface area contributed by atoms with Gasteiger partial charge in [0.15, 0.2) is 0 Å². The summed E-state index contributed by atoms with van der Waals surface area (Å²) in [5.74, 6) is -0.211. The molecule has 0 saturated carbocycles. The van der Waals surface area contributed by atoms with Crippen molar-refractivity contribution >= 4 is 40.3 Å². The van der Waals surface area contributed by atoms with Gasteiger partial charge in [-0.05, 0) is 48.4 Å². The highest BCUT2D eigenvalue weighted by Crippen LogP contribution is 2.22. The van der Waals surface area contributed by atoms with Crippen LogP contribution in [0.2, 0.25) is 5.02 Å². The van der Waals surface area contributed by atoms with Gasteiger partial charge in [-0.15, -0.1) is 0 Å². The number of nitrogens with zero attached hydrogens (tertiary/aromatic N) is 3. The normalized spacial score (nSPS) is 11.8. The highest BCUT2D eigenvalue weighted by atomic mass is 35.5. The number of hydrogen-bond acceptors (Lipinski definition) is 4. The molecule has 1 atom stereocenters. The fraction of sp³-hybridized carbons (Fsp3) is 0.320. The monoisotopic (exact) mass is 502 g/mol. The maximum Gasteiger partial charge on any atom is 0.413 e. The summed E-state index contributed by atoms with van der Waals surface area (Å²) < 4.78 is 13.3. The van der Waals surface area contributed by atoms with E-state index in [-0.39, 0.29) is 30.5 Å². The number of fused-ring (bicyclic) bond motifs is 1. The molecular weight excluding hydrogens is 475 g/mol. The molecule has 35 heavy (non-hydrogen) atoms. The van der Waals surface area contributed by atoms with E-state index in [2.05, 4.69) is 10.3 Å². The molecule has 3 N–H and O–H groups in total. The number of anilines is 1. The molecule has 1 unspecified atom stereocenters. The van der Waals surface area contributed by atoms with Crippen molar-refractivity contribution in [1.29, 1.82) is 0 Å². The Morgan fingerprint density at radius 3 is 2.57 bits per heavy atom. The minimum absolute atomic E-state index is 0.000567. The number of urea groups is 1. The third-order valence-corrected chi connectivity index (χ3v) is 6.13. The standard InChI is InChI=1S/C25H28ClFN4O4/c1-30(24(33)29-15-19-9-10-20(27)13-22(19)26)21(8-4-5-11-32)16-31(25(34)35)23-12-17-6-2-3-7-18(17)14-28-23/h2-3,6-7,9-10,12-14,21,32H,4-5,8,11,15-16H2,1H3,(H,29,33)(H,34,35). The summed E-state index contributed by atoms with van der Waals surface area (Å²) in [6, 6.07) is 12.2.